The van der Waals surface area contributed by atoms with Crippen LogP contribution in [-0.4, -0.2) is 51.9 Å². The molecule has 1 heterocycles. The van der Waals surface area contributed by atoms with E-state index in [4.69, 9.17) is 23.2 Å². The molecule has 6 nitrogen and oxygen atoms in total. The molecule has 0 unspecified atom stereocenters. The van der Waals surface area contributed by atoms with Crippen LogP contribution < -0.4 is 9.21 Å². The maximum absolute atomic E-state index is 13.5. The van der Waals surface area contributed by atoms with Gasteiger partial charge in [0.25, 0.3) is 10.0 Å². The minimum atomic E-state index is -4.00. The van der Waals surface area contributed by atoms with Crippen molar-refractivity contribution in [3.05, 3.63) is 88.4 Å². The van der Waals surface area contributed by atoms with Gasteiger partial charge < -0.3 is 9.80 Å². The van der Waals surface area contributed by atoms with Crippen LogP contribution in [0.1, 0.15) is 5.56 Å². The number of aryl methyl sites for hydroxylation is 1. The smallest absolute Gasteiger partial charge is 0.264 e. The van der Waals surface area contributed by atoms with Crippen LogP contribution in [0.2, 0.25) is 10.0 Å². The fourth-order valence-corrected chi connectivity index (χ4v) is 5.92. The predicted molar refractivity (Wildman–Crippen MR) is 137 cm³/mol. The lowest BCUT2D eigenvalue weighted by Crippen LogP contribution is -2.52. The van der Waals surface area contributed by atoms with Gasteiger partial charge >= 0.3 is 0 Å². The number of rotatable bonds is 6. The molecule has 9 heteroatoms. The number of hydrogen-bond acceptors (Lipinski definition) is 4. The van der Waals surface area contributed by atoms with Crippen LogP contribution in [0.3, 0.4) is 0 Å². The topological polar surface area (TPSA) is 60.9 Å². The van der Waals surface area contributed by atoms with Crippen molar-refractivity contribution in [2.75, 3.05) is 41.9 Å². The number of hydrogen-bond donors (Lipinski definition) is 0. The van der Waals surface area contributed by atoms with Gasteiger partial charge in [0.1, 0.15) is 6.54 Å². The monoisotopic (exact) mass is 517 g/mol. The number of carbonyl (C=O) groups is 1. The minimum Gasteiger partial charge on any atom is -0.368 e. The third-order valence-electron chi connectivity index (χ3n) is 5.88. The fourth-order valence-electron chi connectivity index (χ4n) is 4.02. The lowest BCUT2D eigenvalue weighted by atomic mass is 10.1. The van der Waals surface area contributed by atoms with Crippen molar-refractivity contribution in [3.63, 3.8) is 0 Å². The summed E-state index contributed by atoms with van der Waals surface area (Å²) in [6.07, 6.45) is 0. The van der Waals surface area contributed by atoms with Crippen LogP contribution in [-0.2, 0) is 14.8 Å². The molecule has 0 bridgehead atoms. The van der Waals surface area contributed by atoms with Gasteiger partial charge in [-0.2, -0.15) is 0 Å². The predicted octanol–water partition coefficient (Wildman–Crippen LogP) is 4.85. The Morgan fingerprint density at radius 1 is 0.912 bits per heavy atom. The molecule has 34 heavy (non-hydrogen) atoms. The number of nitrogens with zero attached hydrogens (tertiary/aromatic N) is 3. The van der Waals surface area contributed by atoms with Crippen molar-refractivity contribution in [2.45, 2.75) is 11.8 Å². The van der Waals surface area contributed by atoms with Crippen LogP contribution in [0.25, 0.3) is 0 Å². The van der Waals surface area contributed by atoms with E-state index in [0.717, 1.165) is 15.6 Å². The molecule has 1 amide bonds. The molecule has 0 atom stereocenters. The summed E-state index contributed by atoms with van der Waals surface area (Å²) < 4.78 is 28.1. The first-order valence-corrected chi connectivity index (χ1v) is 13.1. The Morgan fingerprint density at radius 3 is 2.24 bits per heavy atom. The van der Waals surface area contributed by atoms with Crippen LogP contribution in [0, 0.1) is 6.92 Å². The van der Waals surface area contributed by atoms with E-state index in [-0.39, 0.29) is 28.1 Å². The van der Waals surface area contributed by atoms with E-state index in [0.29, 0.717) is 31.2 Å². The minimum absolute atomic E-state index is 0.101. The first kappa shape index (κ1) is 24.4. The number of benzene rings is 3. The Labute approximate surface area is 210 Å². The van der Waals surface area contributed by atoms with E-state index in [9.17, 15) is 13.2 Å². The Hall–Kier alpha value is -2.74. The zero-order chi connectivity index (χ0) is 24.3. The number of halogens is 2. The van der Waals surface area contributed by atoms with E-state index < -0.39 is 10.0 Å². The molecule has 0 radical (unpaired) electrons. The molecule has 178 valence electrons. The number of sulfonamides is 1. The number of anilines is 2. The van der Waals surface area contributed by atoms with E-state index in [1.165, 1.54) is 12.1 Å². The molecule has 1 aliphatic heterocycles. The van der Waals surface area contributed by atoms with Crippen molar-refractivity contribution in [3.8, 4) is 0 Å². The Kier molecular flexibility index (Phi) is 7.36. The van der Waals surface area contributed by atoms with Gasteiger partial charge in [0.05, 0.1) is 15.6 Å². The van der Waals surface area contributed by atoms with Gasteiger partial charge in [-0.05, 0) is 48.9 Å². The van der Waals surface area contributed by atoms with E-state index in [1.54, 1.807) is 47.4 Å². The normalized spacial score (nSPS) is 14.2. The van der Waals surface area contributed by atoms with E-state index in [1.807, 2.05) is 25.1 Å². The molecule has 4 rings (SSSR count). The summed E-state index contributed by atoms with van der Waals surface area (Å²) in [6.45, 7) is 3.91. The number of carbonyl (C=O) groups excluding carboxylic acids is 1. The molecular weight excluding hydrogens is 493 g/mol. The second-order valence-corrected chi connectivity index (χ2v) is 10.8. The lowest BCUT2D eigenvalue weighted by molar-refractivity contribution is -0.129. The highest BCUT2D eigenvalue weighted by molar-refractivity contribution is 7.92. The Balaban J connectivity index is 1.54. The van der Waals surface area contributed by atoms with Gasteiger partial charge in [0.2, 0.25) is 5.91 Å². The highest BCUT2D eigenvalue weighted by Crippen LogP contribution is 2.31. The molecule has 3 aromatic rings. The third kappa shape index (κ3) is 5.17. The molecule has 0 N–H and O–H groups in total. The quantitative estimate of drug-likeness (QED) is 0.469. The van der Waals surface area contributed by atoms with Crippen molar-refractivity contribution < 1.29 is 13.2 Å². The number of amides is 1. The molecular formula is C25H25Cl2N3O3S. The third-order valence-corrected chi connectivity index (χ3v) is 8.20. The summed E-state index contributed by atoms with van der Waals surface area (Å²) in [6, 6.07) is 20.5. The van der Waals surface area contributed by atoms with Gasteiger partial charge in [0.15, 0.2) is 0 Å². The number of para-hydroxylation sites is 1. The summed E-state index contributed by atoms with van der Waals surface area (Å²) in [5, 5.41) is 0.927. The van der Waals surface area contributed by atoms with Gasteiger partial charge in [-0.3, -0.25) is 9.10 Å². The van der Waals surface area contributed by atoms with Crippen molar-refractivity contribution in [2.24, 2.45) is 0 Å². The molecule has 1 aliphatic rings. The molecule has 0 aromatic heterocycles. The average Bonchev–Trinajstić information content (AvgIpc) is 2.85. The highest BCUT2D eigenvalue weighted by Gasteiger charge is 2.31. The molecule has 3 aromatic carbocycles. The van der Waals surface area contributed by atoms with Crippen molar-refractivity contribution in [1.29, 1.82) is 0 Å². The summed E-state index contributed by atoms with van der Waals surface area (Å²) in [5.41, 5.74) is 2.43. The van der Waals surface area contributed by atoms with Gasteiger partial charge in [0, 0.05) is 36.9 Å². The first-order chi connectivity index (χ1) is 16.3. The summed E-state index contributed by atoms with van der Waals surface area (Å²) in [4.78, 5) is 17.3. The molecule has 1 fully saturated rings. The summed E-state index contributed by atoms with van der Waals surface area (Å²) in [7, 11) is -4.00. The summed E-state index contributed by atoms with van der Waals surface area (Å²) >= 11 is 12.5. The molecule has 1 saturated heterocycles. The largest absolute Gasteiger partial charge is 0.368 e. The van der Waals surface area contributed by atoms with Crippen molar-refractivity contribution >= 4 is 50.5 Å². The van der Waals surface area contributed by atoms with E-state index in [2.05, 4.69) is 4.90 Å². The molecule has 0 aliphatic carbocycles. The maximum atomic E-state index is 13.5. The van der Waals surface area contributed by atoms with E-state index >= 15 is 0 Å². The zero-order valence-corrected chi connectivity index (χ0v) is 21.0. The average molecular weight is 518 g/mol. The van der Waals surface area contributed by atoms with Crippen LogP contribution in [0.5, 0.6) is 0 Å². The SMILES string of the molecule is Cc1ccc(Cl)cc1N1CCN(C(=O)CN(c2ccccc2Cl)S(=O)(=O)c2ccccc2)CC1. The standard InChI is InChI=1S/C25H25Cl2N3O3S/c1-19-11-12-20(26)17-24(19)28-13-15-29(16-14-28)25(31)18-30(23-10-6-5-9-22(23)27)34(32,33)21-7-3-2-4-8-21/h2-12,17H,13-16,18H2,1H3. The first-order valence-electron chi connectivity index (χ1n) is 10.9. The van der Waals surface area contributed by atoms with Gasteiger partial charge in [-0.25, -0.2) is 8.42 Å². The highest BCUT2D eigenvalue weighted by atomic mass is 35.5. The fraction of sp³-hybridized carbons (Fsp3) is 0.240. The number of piperazine rings is 1. The van der Waals surface area contributed by atoms with Gasteiger partial charge in [-0.1, -0.05) is 59.6 Å². The van der Waals surface area contributed by atoms with Crippen LogP contribution in [0.4, 0.5) is 11.4 Å². The second-order valence-electron chi connectivity index (χ2n) is 8.07. The maximum Gasteiger partial charge on any atom is 0.264 e. The Morgan fingerprint density at radius 2 is 1.56 bits per heavy atom. The van der Waals surface area contributed by atoms with Crippen LogP contribution in [0.15, 0.2) is 77.7 Å². The van der Waals surface area contributed by atoms with Crippen LogP contribution >= 0.6 is 23.2 Å². The zero-order valence-electron chi connectivity index (χ0n) is 18.7. The summed E-state index contributed by atoms with van der Waals surface area (Å²) in [5.74, 6) is -0.276. The molecule has 0 saturated carbocycles. The van der Waals surface area contributed by atoms with Crippen molar-refractivity contribution in [1.82, 2.24) is 4.90 Å². The molecule has 0 spiro atoms. The Bertz CT molecular complexity index is 1280. The second kappa shape index (κ2) is 10.3. The lowest BCUT2D eigenvalue weighted by Gasteiger charge is -2.37. The van der Waals surface area contributed by atoms with Gasteiger partial charge in [-0.15, -0.1) is 0 Å².